The molecule has 2 aliphatic heterocycles. The highest BCUT2D eigenvalue weighted by atomic mass is 16.5. The van der Waals surface area contributed by atoms with E-state index in [0.29, 0.717) is 5.92 Å². The minimum atomic E-state index is 0.151. The van der Waals surface area contributed by atoms with Crippen molar-refractivity contribution in [3.8, 4) is 0 Å². The van der Waals surface area contributed by atoms with Crippen molar-refractivity contribution in [1.29, 1.82) is 0 Å². The Kier molecular flexibility index (Phi) is 5.45. The number of hydrogen-bond acceptors (Lipinski definition) is 4. The van der Waals surface area contributed by atoms with Gasteiger partial charge < -0.3 is 15.0 Å². The highest BCUT2D eigenvalue weighted by Crippen LogP contribution is 2.18. The number of H-pyrrole nitrogens is 1. The Bertz CT molecular complexity index is 457. The van der Waals surface area contributed by atoms with Gasteiger partial charge in [0.15, 0.2) is 0 Å². The van der Waals surface area contributed by atoms with Crippen LogP contribution in [0.4, 0.5) is 0 Å². The fraction of sp³-hybridized carbons (Fsp3) is 0.750. The van der Waals surface area contributed by atoms with E-state index in [9.17, 15) is 4.79 Å². The Morgan fingerprint density at radius 2 is 2.27 bits per heavy atom. The molecule has 2 aliphatic rings. The van der Waals surface area contributed by atoms with Gasteiger partial charge in [-0.15, -0.1) is 0 Å². The zero-order valence-electron chi connectivity index (χ0n) is 13.1. The summed E-state index contributed by atoms with van der Waals surface area (Å²) >= 11 is 0. The fourth-order valence-electron chi connectivity index (χ4n) is 3.42. The number of hydrogen-bond donors (Lipinski definition) is 2. The molecule has 0 radical (unpaired) electrons. The average molecular weight is 306 g/mol. The van der Waals surface area contributed by atoms with Crippen molar-refractivity contribution in [1.82, 2.24) is 20.2 Å². The molecule has 0 bridgehead atoms. The minimum absolute atomic E-state index is 0.151. The normalized spacial score (nSPS) is 24.3. The van der Waals surface area contributed by atoms with Gasteiger partial charge in [0.05, 0.1) is 6.33 Å². The molecule has 2 fully saturated rings. The number of aromatic nitrogens is 2. The summed E-state index contributed by atoms with van der Waals surface area (Å²) in [6.45, 7) is 5.34. The number of aromatic amines is 1. The summed E-state index contributed by atoms with van der Waals surface area (Å²) in [6, 6.07) is 0. The van der Waals surface area contributed by atoms with E-state index in [-0.39, 0.29) is 11.8 Å². The SMILES string of the molecule is O=C(NCC1CCCN(Cc2cnc[nH]2)C1)C1CCOCC1. The van der Waals surface area contributed by atoms with E-state index in [4.69, 9.17) is 4.74 Å². The van der Waals surface area contributed by atoms with Crippen LogP contribution in [0.25, 0.3) is 0 Å². The van der Waals surface area contributed by atoms with Crippen LogP contribution in [-0.4, -0.2) is 53.6 Å². The number of carbonyl (C=O) groups excluding carboxylic acids is 1. The Morgan fingerprint density at radius 1 is 1.41 bits per heavy atom. The maximum absolute atomic E-state index is 12.2. The van der Waals surface area contributed by atoms with Crippen molar-refractivity contribution in [3.05, 3.63) is 18.2 Å². The summed E-state index contributed by atoms with van der Waals surface area (Å²) in [4.78, 5) is 21.9. The molecule has 1 atom stereocenters. The molecule has 3 heterocycles. The molecule has 1 amide bonds. The predicted molar refractivity (Wildman–Crippen MR) is 83.1 cm³/mol. The summed E-state index contributed by atoms with van der Waals surface area (Å²) in [5.41, 5.74) is 1.16. The molecule has 0 spiro atoms. The Labute approximate surface area is 131 Å². The number of nitrogens with one attached hydrogen (secondary N) is 2. The maximum atomic E-state index is 12.2. The lowest BCUT2D eigenvalue weighted by atomic mass is 9.96. The van der Waals surface area contributed by atoms with E-state index in [1.165, 1.54) is 12.8 Å². The van der Waals surface area contributed by atoms with E-state index in [0.717, 1.165) is 57.9 Å². The van der Waals surface area contributed by atoms with Crippen LogP contribution >= 0.6 is 0 Å². The molecule has 0 saturated carbocycles. The van der Waals surface area contributed by atoms with Gasteiger partial charge >= 0.3 is 0 Å². The summed E-state index contributed by atoms with van der Waals surface area (Å²) < 4.78 is 5.31. The van der Waals surface area contributed by atoms with E-state index in [2.05, 4.69) is 20.2 Å². The van der Waals surface area contributed by atoms with Crippen molar-refractivity contribution >= 4 is 5.91 Å². The molecular formula is C16H26N4O2. The minimum Gasteiger partial charge on any atom is -0.381 e. The van der Waals surface area contributed by atoms with E-state index in [1.807, 2.05) is 6.20 Å². The fourth-order valence-corrected chi connectivity index (χ4v) is 3.42. The Balaban J connectivity index is 1.41. The molecule has 1 aromatic rings. The third-order valence-corrected chi connectivity index (χ3v) is 4.71. The van der Waals surface area contributed by atoms with Crippen molar-refractivity contribution in [2.45, 2.75) is 32.2 Å². The van der Waals surface area contributed by atoms with Gasteiger partial charge in [-0.2, -0.15) is 0 Å². The average Bonchev–Trinajstić information content (AvgIpc) is 3.07. The van der Waals surface area contributed by atoms with Gasteiger partial charge in [0.2, 0.25) is 5.91 Å². The summed E-state index contributed by atoms with van der Waals surface area (Å²) in [6.07, 6.45) is 7.74. The Morgan fingerprint density at radius 3 is 3.05 bits per heavy atom. The molecule has 22 heavy (non-hydrogen) atoms. The Hall–Kier alpha value is -1.40. The molecule has 1 aromatic heterocycles. The molecule has 2 N–H and O–H groups in total. The molecule has 6 nitrogen and oxygen atoms in total. The van der Waals surface area contributed by atoms with E-state index < -0.39 is 0 Å². The van der Waals surface area contributed by atoms with Crippen LogP contribution in [0.1, 0.15) is 31.4 Å². The van der Waals surface area contributed by atoms with Gasteiger partial charge in [-0.3, -0.25) is 9.69 Å². The van der Waals surface area contributed by atoms with Crippen molar-refractivity contribution < 1.29 is 9.53 Å². The van der Waals surface area contributed by atoms with Crippen LogP contribution in [0.2, 0.25) is 0 Å². The third-order valence-electron chi connectivity index (χ3n) is 4.71. The van der Waals surface area contributed by atoms with Crippen LogP contribution in [0.3, 0.4) is 0 Å². The second-order valence-electron chi connectivity index (χ2n) is 6.45. The van der Waals surface area contributed by atoms with Crippen LogP contribution < -0.4 is 5.32 Å². The van der Waals surface area contributed by atoms with Crippen LogP contribution in [0.15, 0.2) is 12.5 Å². The summed E-state index contributed by atoms with van der Waals surface area (Å²) in [7, 11) is 0. The van der Waals surface area contributed by atoms with E-state index >= 15 is 0 Å². The molecule has 122 valence electrons. The van der Waals surface area contributed by atoms with Crippen molar-refractivity contribution in [2.75, 3.05) is 32.8 Å². The molecule has 2 saturated heterocycles. The second kappa shape index (κ2) is 7.74. The second-order valence-corrected chi connectivity index (χ2v) is 6.45. The number of likely N-dealkylation sites (tertiary alicyclic amines) is 1. The molecular weight excluding hydrogens is 280 g/mol. The third kappa shape index (κ3) is 4.30. The van der Waals surface area contributed by atoms with Crippen LogP contribution in [0, 0.1) is 11.8 Å². The van der Waals surface area contributed by atoms with Crippen molar-refractivity contribution in [2.24, 2.45) is 11.8 Å². The van der Waals surface area contributed by atoms with Gasteiger partial charge in [0.25, 0.3) is 0 Å². The standard InChI is InChI=1S/C16H26N4O2/c21-16(14-3-6-22-7-4-14)18-8-13-2-1-5-20(10-13)11-15-9-17-12-19-15/h9,12-14H,1-8,10-11H2,(H,17,19)(H,18,21). The molecule has 0 aromatic carbocycles. The van der Waals surface area contributed by atoms with Crippen molar-refractivity contribution in [3.63, 3.8) is 0 Å². The zero-order chi connectivity index (χ0) is 15.2. The predicted octanol–water partition coefficient (Wildman–Crippen LogP) is 1.16. The van der Waals surface area contributed by atoms with Gasteiger partial charge in [-0.05, 0) is 38.1 Å². The number of piperidine rings is 1. The molecule has 0 aliphatic carbocycles. The highest BCUT2D eigenvalue weighted by molar-refractivity contribution is 5.78. The first kappa shape index (κ1) is 15.5. The summed E-state index contributed by atoms with van der Waals surface area (Å²) in [5, 5.41) is 3.16. The van der Waals surface area contributed by atoms with Crippen LogP contribution in [0.5, 0.6) is 0 Å². The number of ether oxygens (including phenoxy) is 1. The first-order chi connectivity index (χ1) is 10.8. The van der Waals surface area contributed by atoms with E-state index in [1.54, 1.807) is 6.33 Å². The lowest BCUT2D eigenvalue weighted by Gasteiger charge is -2.32. The van der Waals surface area contributed by atoms with Gasteiger partial charge in [0.1, 0.15) is 0 Å². The first-order valence-electron chi connectivity index (χ1n) is 8.36. The molecule has 1 unspecified atom stereocenters. The number of carbonyl (C=O) groups is 1. The quantitative estimate of drug-likeness (QED) is 0.856. The number of rotatable bonds is 5. The largest absolute Gasteiger partial charge is 0.381 e. The van der Waals surface area contributed by atoms with Gasteiger partial charge in [0, 0.05) is 50.7 Å². The topological polar surface area (TPSA) is 70.2 Å². The first-order valence-corrected chi connectivity index (χ1v) is 8.36. The highest BCUT2D eigenvalue weighted by Gasteiger charge is 2.24. The summed E-state index contributed by atoms with van der Waals surface area (Å²) in [5.74, 6) is 0.924. The molecule has 3 rings (SSSR count). The number of imidazole rings is 1. The van der Waals surface area contributed by atoms with Gasteiger partial charge in [-0.1, -0.05) is 0 Å². The number of nitrogens with zero attached hydrogens (tertiary/aromatic N) is 2. The maximum Gasteiger partial charge on any atom is 0.223 e. The zero-order valence-corrected chi connectivity index (χ0v) is 13.1. The smallest absolute Gasteiger partial charge is 0.223 e. The van der Waals surface area contributed by atoms with Gasteiger partial charge in [-0.25, -0.2) is 4.98 Å². The lowest BCUT2D eigenvalue weighted by Crippen LogP contribution is -2.42. The number of amides is 1. The lowest BCUT2D eigenvalue weighted by molar-refractivity contribution is -0.128. The molecule has 6 heteroatoms. The van der Waals surface area contributed by atoms with Crippen LogP contribution in [-0.2, 0) is 16.1 Å². The monoisotopic (exact) mass is 306 g/mol.